The molecule has 0 fully saturated rings. The highest BCUT2D eigenvalue weighted by atomic mass is 16.1. The minimum Gasteiger partial charge on any atom is -0.384 e. The second kappa shape index (κ2) is 5.77. The van der Waals surface area contributed by atoms with Gasteiger partial charge < -0.3 is 15.6 Å². The summed E-state index contributed by atoms with van der Waals surface area (Å²) in [7, 11) is 0. The fourth-order valence-corrected chi connectivity index (χ4v) is 2.43. The largest absolute Gasteiger partial charge is 0.384 e. The smallest absolute Gasteiger partial charge is 0.251 e. The van der Waals surface area contributed by atoms with Crippen LogP contribution in [0.5, 0.6) is 0 Å². The number of hydrogen-bond acceptors (Lipinski definition) is 3. The first kappa shape index (κ1) is 12.7. The summed E-state index contributed by atoms with van der Waals surface area (Å²) in [6.07, 6.45) is 6.32. The monoisotopic (exact) mass is 270 g/mol. The lowest BCUT2D eigenvalue weighted by molar-refractivity contribution is 0.0953. The lowest BCUT2D eigenvalue weighted by Gasteiger charge is -2.06. The number of benzene rings is 1. The van der Waals surface area contributed by atoms with Crippen LogP contribution in [-0.2, 0) is 12.8 Å². The number of aryl methyl sites for hydroxylation is 1. The summed E-state index contributed by atoms with van der Waals surface area (Å²) in [6, 6.07) is 5.87. The first-order valence-corrected chi connectivity index (χ1v) is 6.96. The van der Waals surface area contributed by atoms with E-state index < -0.39 is 0 Å². The zero-order chi connectivity index (χ0) is 13.8. The van der Waals surface area contributed by atoms with E-state index in [-0.39, 0.29) is 5.91 Å². The van der Waals surface area contributed by atoms with Crippen molar-refractivity contribution in [1.29, 1.82) is 0 Å². The van der Waals surface area contributed by atoms with Gasteiger partial charge in [0.2, 0.25) is 0 Å². The molecule has 5 nitrogen and oxygen atoms in total. The second-order valence-corrected chi connectivity index (χ2v) is 4.94. The van der Waals surface area contributed by atoms with Crippen molar-refractivity contribution in [2.45, 2.75) is 19.3 Å². The number of anilines is 1. The number of hydrogen-bond donors (Lipinski definition) is 3. The Labute approximate surface area is 117 Å². The number of nitrogens with one attached hydrogen (secondary N) is 3. The van der Waals surface area contributed by atoms with Crippen LogP contribution in [-0.4, -0.2) is 29.0 Å². The average molecular weight is 270 g/mol. The van der Waals surface area contributed by atoms with Gasteiger partial charge in [-0.3, -0.25) is 4.79 Å². The van der Waals surface area contributed by atoms with Crippen molar-refractivity contribution in [3.8, 4) is 0 Å². The summed E-state index contributed by atoms with van der Waals surface area (Å²) in [5.74, 6) is 0.946. The number of amides is 1. The molecule has 0 unspecified atom stereocenters. The molecule has 0 saturated carbocycles. The van der Waals surface area contributed by atoms with Crippen LogP contribution >= 0.6 is 0 Å². The lowest BCUT2D eigenvalue weighted by Crippen LogP contribution is -2.24. The molecule has 0 bridgehead atoms. The van der Waals surface area contributed by atoms with E-state index >= 15 is 0 Å². The van der Waals surface area contributed by atoms with Crippen LogP contribution in [0.2, 0.25) is 0 Å². The van der Waals surface area contributed by atoms with Crippen molar-refractivity contribution < 1.29 is 4.79 Å². The highest BCUT2D eigenvalue weighted by Crippen LogP contribution is 2.23. The number of rotatable bonds is 5. The summed E-state index contributed by atoms with van der Waals surface area (Å²) in [5, 5.41) is 6.23. The molecule has 1 amide bonds. The zero-order valence-electron chi connectivity index (χ0n) is 11.3. The molecule has 3 N–H and O–H groups in total. The predicted octanol–water partition coefficient (Wildman–Crippen LogP) is 1.74. The van der Waals surface area contributed by atoms with Gasteiger partial charge in [-0.15, -0.1) is 0 Å². The Morgan fingerprint density at radius 2 is 2.35 bits per heavy atom. The lowest BCUT2D eigenvalue weighted by atomic mass is 10.1. The maximum Gasteiger partial charge on any atom is 0.251 e. The molecule has 0 atom stereocenters. The van der Waals surface area contributed by atoms with Crippen molar-refractivity contribution in [2.24, 2.45) is 0 Å². The van der Waals surface area contributed by atoms with Crippen molar-refractivity contribution in [1.82, 2.24) is 15.3 Å². The van der Waals surface area contributed by atoms with E-state index in [2.05, 4.69) is 20.6 Å². The minimum absolute atomic E-state index is 0.0130. The molecule has 2 aromatic rings. The average Bonchev–Trinajstić information content (AvgIpc) is 3.13. The van der Waals surface area contributed by atoms with Crippen molar-refractivity contribution >= 4 is 11.6 Å². The van der Waals surface area contributed by atoms with Gasteiger partial charge in [-0.1, -0.05) is 6.07 Å². The third-order valence-corrected chi connectivity index (χ3v) is 3.51. The quantitative estimate of drug-likeness (QED) is 0.725. The van der Waals surface area contributed by atoms with E-state index in [0.717, 1.165) is 42.9 Å². The first-order valence-electron chi connectivity index (χ1n) is 6.96. The fraction of sp³-hybridized carbons (Fsp3) is 0.333. The number of H-pyrrole nitrogens is 1. The molecule has 0 saturated heterocycles. The molecule has 20 heavy (non-hydrogen) atoms. The van der Waals surface area contributed by atoms with Crippen LogP contribution in [0.15, 0.2) is 30.6 Å². The van der Waals surface area contributed by atoms with Crippen LogP contribution in [0, 0.1) is 0 Å². The number of aromatic amines is 1. The highest BCUT2D eigenvalue weighted by molar-refractivity contribution is 5.95. The highest BCUT2D eigenvalue weighted by Gasteiger charge is 2.13. The van der Waals surface area contributed by atoms with Crippen LogP contribution in [0.1, 0.15) is 28.2 Å². The topological polar surface area (TPSA) is 69.8 Å². The summed E-state index contributed by atoms with van der Waals surface area (Å²) >= 11 is 0. The second-order valence-electron chi connectivity index (χ2n) is 4.94. The predicted molar refractivity (Wildman–Crippen MR) is 77.9 cm³/mol. The molecule has 104 valence electrons. The molecule has 0 radical (unpaired) electrons. The molecule has 5 heteroatoms. The summed E-state index contributed by atoms with van der Waals surface area (Å²) in [5.41, 5.74) is 3.10. The third kappa shape index (κ3) is 2.82. The van der Waals surface area contributed by atoms with Gasteiger partial charge >= 0.3 is 0 Å². The van der Waals surface area contributed by atoms with E-state index in [1.807, 2.05) is 24.4 Å². The molecule has 3 rings (SSSR count). The Bertz CT molecular complexity index is 592. The molecule has 1 aromatic carbocycles. The van der Waals surface area contributed by atoms with Crippen LogP contribution < -0.4 is 10.6 Å². The third-order valence-electron chi connectivity index (χ3n) is 3.51. The van der Waals surface area contributed by atoms with E-state index in [1.54, 1.807) is 6.20 Å². The van der Waals surface area contributed by atoms with Crippen LogP contribution in [0.3, 0.4) is 0 Å². The van der Waals surface area contributed by atoms with Crippen LogP contribution in [0.25, 0.3) is 0 Å². The first-order chi connectivity index (χ1) is 9.83. The Balaban J connectivity index is 1.49. The van der Waals surface area contributed by atoms with Gasteiger partial charge in [0.05, 0.1) is 0 Å². The number of aromatic nitrogens is 2. The summed E-state index contributed by atoms with van der Waals surface area (Å²) in [4.78, 5) is 19.3. The van der Waals surface area contributed by atoms with E-state index in [0.29, 0.717) is 6.54 Å². The van der Waals surface area contributed by atoms with Gasteiger partial charge in [0.1, 0.15) is 5.82 Å². The molecule has 1 aromatic heterocycles. The maximum atomic E-state index is 12.0. The Morgan fingerprint density at radius 3 is 3.20 bits per heavy atom. The summed E-state index contributed by atoms with van der Waals surface area (Å²) < 4.78 is 0. The minimum atomic E-state index is -0.0130. The van der Waals surface area contributed by atoms with Gasteiger partial charge in [-0.25, -0.2) is 4.98 Å². The van der Waals surface area contributed by atoms with Gasteiger partial charge in [0, 0.05) is 43.2 Å². The molecule has 1 aliphatic heterocycles. The molecule has 0 aliphatic carbocycles. The molecular weight excluding hydrogens is 252 g/mol. The van der Waals surface area contributed by atoms with Crippen molar-refractivity contribution in [2.75, 3.05) is 18.4 Å². The van der Waals surface area contributed by atoms with Gasteiger partial charge in [-0.05, 0) is 30.5 Å². The van der Waals surface area contributed by atoms with Crippen molar-refractivity contribution in [3.05, 3.63) is 47.5 Å². The standard InChI is InChI=1S/C15H18N4O/c20-15(19-6-1-2-14-17-8-9-18-14)12-4-3-11-5-7-16-13(11)10-12/h3-4,8-10,16H,1-2,5-7H2,(H,17,18)(H,19,20). The van der Waals surface area contributed by atoms with E-state index in [4.69, 9.17) is 0 Å². The maximum absolute atomic E-state index is 12.0. The Morgan fingerprint density at radius 1 is 1.40 bits per heavy atom. The normalized spacial score (nSPS) is 12.8. The van der Waals surface area contributed by atoms with Gasteiger partial charge in [0.15, 0.2) is 0 Å². The number of fused-ring (bicyclic) bond motifs is 1. The number of imidazole rings is 1. The Hall–Kier alpha value is -2.30. The number of carbonyl (C=O) groups is 1. The molecular formula is C15H18N4O. The van der Waals surface area contributed by atoms with E-state index in [9.17, 15) is 4.79 Å². The number of carbonyl (C=O) groups excluding carboxylic acids is 1. The SMILES string of the molecule is O=C(NCCCc1ncc[nH]1)c1ccc2c(c1)NCC2. The zero-order valence-corrected chi connectivity index (χ0v) is 11.3. The molecule has 2 heterocycles. The number of nitrogens with zero attached hydrogens (tertiary/aromatic N) is 1. The summed E-state index contributed by atoms with van der Waals surface area (Å²) in [6.45, 7) is 1.62. The van der Waals surface area contributed by atoms with Crippen LogP contribution in [0.4, 0.5) is 5.69 Å². The Kier molecular flexibility index (Phi) is 3.67. The van der Waals surface area contributed by atoms with E-state index in [1.165, 1.54) is 5.56 Å². The van der Waals surface area contributed by atoms with Gasteiger partial charge in [-0.2, -0.15) is 0 Å². The molecule has 1 aliphatic rings. The van der Waals surface area contributed by atoms with Crippen molar-refractivity contribution in [3.63, 3.8) is 0 Å². The fourth-order valence-electron chi connectivity index (χ4n) is 2.43. The van der Waals surface area contributed by atoms with Gasteiger partial charge in [0.25, 0.3) is 5.91 Å². The molecule has 0 spiro atoms.